The third-order valence-electron chi connectivity index (χ3n) is 7.29. The van der Waals surface area contributed by atoms with E-state index in [9.17, 15) is 14.9 Å². The molecule has 8 nitrogen and oxygen atoms in total. The fraction of sp³-hybridized carbons (Fsp3) is 0.226. The number of nitriles is 1. The number of anilines is 1. The number of hydrogen-bond donors (Lipinski definition) is 1. The van der Waals surface area contributed by atoms with E-state index in [1.54, 1.807) is 28.9 Å². The minimum absolute atomic E-state index is 0.164. The van der Waals surface area contributed by atoms with Crippen molar-refractivity contribution in [2.24, 2.45) is 5.92 Å². The van der Waals surface area contributed by atoms with E-state index in [2.05, 4.69) is 22.3 Å². The van der Waals surface area contributed by atoms with Gasteiger partial charge in [-0.25, -0.2) is 4.68 Å². The topological polar surface area (TPSA) is 100 Å². The molecule has 0 spiro atoms. The Kier molecular flexibility index (Phi) is 6.76. The maximum absolute atomic E-state index is 13.8. The molecule has 1 aliphatic carbocycles. The molecule has 2 aliphatic rings. The molecule has 0 radical (unpaired) electrons. The Morgan fingerprint density at radius 1 is 0.949 bits per heavy atom. The highest BCUT2D eigenvalue weighted by Gasteiger charge is 2.37. The summed E-state index contributed by atoms with van der Waals surface area (Å²) in [6, 6.07) is 26.6. The van der Waals surface area contributed by atoms with Gasteiger partial charge in [0.1, 0.15) is 5.69 Å². The van der Waals surface area contributed by atoms with E-state index in [-0.39, 0.29) is 5.69 Å². The number of morpholine rings is 1. The number of nitrogens with zero attached hydrogens (tertiary/aromatic N) is 4. The first kappa shape index (κ1) is 24.7. The Labute approximate surface area is 226 Å². The van der Waals surface area contributed by atoms with Gasteiger partial charge in [-0.05, 0) is 35.4 Å². The first-order valence-electron chi connectivity index (χ1n) is 13.0. The van der Waals surface area contributed by atoms with E-state index in [0.717, 1.165) is 60.9 Å². The summed E-state index contributed by atoms with van der Waals surface area (Å²) in [5, 5.41) is 17.3. The number of nitrogens with one attached hydrogen (secondary N) is 1. The largest absolute Gasteiger partial charge is 0.379 e. The average Bonchev–Trinajstić information content (AvgIpc) is 3.53. The van der Waals surface area contributed by atoms with E-state index < -0.39 is 17.6 Å². The van der Waals surface area contributed by atoms with Gasteiger partial charge in [-0.2, -0.15) is 10.4 Å². The molecule has 194 valence electrons. The molecule has 6 rings (SSSR count). The molecule has 2 heterocycles. The number of benzene rings is 3. The average molecular weight is 518 g/mol. The summed E-state index contributed by atoms with van der Waals surface area (Å²) in [6.45, 7) is 3.98. The number of ketones is 1. The van der Waals surface area contributed by atoms with Crippen LogP contribution in [0.15, 0.2) is 78.9 Å². The number of Topliss-reactive ketones (excluding diaryl/α,β-unsaturated/α-hetero) is 1. The van der Waals surface area contributed by atoms with Crippen LogP contribution < -0.4 is 5.32 Å². The number of aromatic nitrogens is 2. The van der Waals surface area contributed by atoms with Crippen molar-refractivity contribution in [1.82, 2.24) is 14.7 Å². The Morgan fingerprint density at radius 2 is 1.67 bits per heavy atom. The van der Waals surface area contributed by atoms with Crippen LogP contribution in [0.25, 0.3) is 16.9 Å². The first-order valence-corrected chi connectivity index (χ1v) is 13.0. The van der Waals surface area contributed by atoms with Crippen LogP contribution in [0.4, 0.5) is 5.69 Å². The second-order valence-electron chi connectivity index (χ2n) is 9.71. The smallest absolute Gasteiger partial charge is 0.249 e. The lowest BCUT2D eigenvalue weighted by molar-refractivity contribution is -0.117. The highest BCUT2D eigenvalue weighted by Crippen LogP contribution is 2.42. The van der Waals surface area contributed by atoms with Crippen molar-refractivity contribution < 1.29 is 14.3 Å². The van der Waals surface area contributed by atoms with Gasteiger partial charge in [0.25, 0.3) is 0 Å². The Morgan fingerprint density at radius 3 is 2.38 bits per heavy atom. The number of para-hydroxylation sites is 2. The molecule has 1 aromatic heterocycles. The zero-order chi connectivity index (χ0) is 26.8. The predicted molar refractivity (Wildman–Crippen MR) is 146 cm³/mol. The molecule has 1 atom stereocenters. The summed E-state index contributed by atoms with van der Waals surface area (Å²) in [5.74, 6) is -2.79. The number of carbonyl (C=O) groups excluding carboxylic acids is 2. The lowest BCUT2D eigenvalue weighted by Gasteiger charge is -2.27. The molecule has 39 heavy (non-hydrogen) atoms. The minimum atomic E-state index is -1.52. The van der Waals surface area contributed by atoms with E-state index in [4.69, 9.17) is 9.84 Å². The summed E-state index contributed by atoms with van der Waals surface area (Å²) >= 11 is 0. The van der Waals surface area contributed by atoms with Crippen molar-refractivity contribution in [3.63, 3.8) is 0 Å². The maximum atomic E-state index is 13.8. The van der Waals surface area contributed by atoms with Crippen LogP contribution in [0.5, 0.6) is 0 Å². The third-order valence-corrected chi connectivity index (χ3v) is 7.29. The molecule has 1 fully saturated rings. The molecule has 1 aliphatic heterocycles. The molecular formula is C31H27N5O3. The molecule has 0 bridgehead atoms. The lowest BCUT2D eigenvalue weighted by Crippen LogP contribution is -2.35. The van der Waals surface area contributed by atoms with Crippen molar-refractivity contribution in [2.45, 2.75) is 13.0 Å². The number of fused-ring (bicyclic) bond motifs is 3. The third kappa shape index (κ3) is 4.74. The second kappa shape index (κ2) is 10.7. The van der Waals surface area contributed by atoms with Crippen LogP contribution in [0.1, 0.15) is 27.2 Å². The number of carbonyl (C=O) groups is 2. The van der Waals surface area contributed by atoms with Crippen LogP contribution in [-0.2, 0) is 22.5 Å². The first-order chi connectivity index (χ1) is 19.1. The Bertz CT molecular complexity index is 1570. The van der Waals surface area contributed by atoms with Gasteiger partial charge >= 0.3 is 0 Å². The van der Waals surface area contributed by atoms with Gasteiger partial charge in [-0.3, -0.25) is 14.5 Å². The molecule has 4 aromatic rings. The fourth-order valence-electron chi connectivity index (χ4n) is 5.35. The van der Waals surface area contributed by atoms with Crippen LogP contribution in [-0.4, -0.2) is 52.7 Å². The van der Waals surface area contributed by atoms with Crippen LogP contribution in [0.3, 0.4) is 0 Å². The van der Waals surface area contributed by atoms with Crippen molar-refractivity contribution in [3.05, 3.63) is 101 Å². The van der Waals surface area contributed by atoms with Gasteiger partial charge in [0.15, 0.2) is 5.92 Å². The van der Waals surface area contributed by atoms with Gasteiger partial charge < -0.3 is 10.1 Å². The summed E-state index contributed by atoms with van der Waals surface area (Å²) in [5.41, 5.74) is 6.45. The maximum Gasteiger partial charge on any atom is 0.249 e. The quantitative estimate of drug-likeness (QED) is 0.256. The minimum Gasteiger partial charge on any atom is -0.379 e. The highest BCUT2D eigenvalue weighted by atomic mass is 16.5. The number of amides is 1. The zero-order valence-corrected chi connectivity index (χ0v) is 21.3. The van der Waals surface area contributed by atoms with E-state index in [1.807, 2.05) is 48.5 Å². The molecule has 1 unspecified atom stereocenters. The Balaban J connectivity index is 1.39. The standard InChI is InChI=1S/C31H27N5O3/c32-19-27(31(38)33-22-9-3-1-4-10-22)30(37)28-26-18-25-21(20-35-14-16-39-17-15-35)8-7-13-24(25)29(26)36(34-28)23-11-5-2-6-12-23/h1-13,27H,14-18,20H2,(H,33,38). The van der Waals surface area contributed by atoms with Gasteiger partial charge in [-0.1, -0.05) is 54.6 Å². The fourth-order valence-corrected chi connectivity index (χ4v) is 5.35. The van der Waals surface area contributed by atoms with Crippen LogP contribution in [0, 0.1) is 17.2 Å². The predicted octanol–water partition coefficient (Wildman–Crippen LogP) is 4.24. The Hall–Kier alpha value is -4.58. The van der Waals surface area contributed by atoms with E-state index in [1.165, 1.54) is 5.56 Å². The molecule has 1 N–H and O–H groups in total. The number of rotatable bonds is 7. The van der Waals surface area contributed by atoms with Crippen LogP contribution >= 0.6 is 0 Å². The highest BCUT2D eigenvalue weighted by molar-refractivity contribution is 6.16. The molecule has 8 heteroatoms. The molecular weight excluding hydrogens is 490 g/mol. The summed E-state index contributed by atoms with van der Waals surface area (Å²) in [7, 11) is 0. The summed E-state index contributed by atoms with van der Waals surface area (Å²) < 4.78 is 7.29. The van der Waals surface area contributed by atoms with Gasteiger partial charge in [0.2, 0.25) is 11.7 Å². The second-order valence-corrected chi connectivity index (χ2v) is 9.71. The van der Waals surface area contributed by atoms with Crippen LogP contribution in [0.2, 0.25) is 0 Å². The molecule has 0 saturated carbocycles. The van der Waals surface area contributed by atoms with Crippen molar-refractivity contribution in [2.75, 3.05) is 31.6 Å². The number of hydrogen-bond acceptors (Lipinski definition) is 6. The lowest BCUT2D eigenvalue weighted by atomic mass is 9.97. The van der Waals surface area contributed by atoms with Crippen molar-refractivity contribution in [1.29, 1.82) is 5.26 Å². The molecule has 1 amide bonds. The molecule has 3 aromatic carbocycles. The van der Waals surface area contributed by atoms with Gasteiger partial charge in [0.05, 0.1) is 30.7 Å². The van der Waals surface area contributed by atoms with E-state index >= 15 is 0 Å². The summed E-state index contributed by atoms with van der Waals surface area (Å²) in [4.78, 5) is 29.2. The SMILES string of the molecule is N#CC(C(=O)Nc1ccccc1)C(=O)c1nn(-c2ccccc2)c2c1Cc1c(CN3CCOCC3)cccc1-2. The normalized spacial score (nSPS) is 15.2. The van der Waals surface area contributed by atoms with Gasteiger partial charge in [-0.15, -0.1) is 0 Å². The van der Waals surface area contributed by atoms with E-state index in [0.29, 0.717) is 12.1 Å². The number of ether oxygens (including phenoxy) is 1. The van der Waals surface area contributed by atoms with Crippen molar-refractivity contribution >= 4 is 17.4 Å². The molecule has 1 saturated heterocycles. The zero-order valence-electron chi connectivity index (χ0n) is 21.3. The van der Waals surface area contributed by atoms with Crippen molar-refractivity contribution in [3.8, 4) is 23.0 Å². The monoisotopic (exact) mass is 517 g/mol. The van der Waals surface area contributed by atoms with Gasteiger partial charge in [0, 0.05) is 42.9 Å². The summed E-state index contributed by atoms with van der Waals surface area (Å²) in [6.07, 6.45) is 0.511.